The average molecular weight is 464 g/mol. The van der Waals surface area contributed by atoms with Crippen LogP contribution >= 0.6 is 0 Å². The van der Waals surface area contributed by atoms with Gasteiger partial charge in [0, 0.05) is 48.1 Å². The number of nitrogens with zero attached hydrogens (tertiary/aromatic N) is 1. The van der Waals surface area contributed by atoms with Crippen molar-refractivity contribution >= 4 is 5.91 Å². The van der Waals surface area contributed by atoms with Crippen LogP contribution in [0.1, 0.15) is 52.7 Å². The Bertz CT molecular complexity index is 1090. The van der Waals surface area contributed by atoms with E-state index in [1.807, 2.05) is 50.2 Å². The third-order valence-corrected chi connectivity index (χ3v) is 5.66. The minimum absolute atomic E-state index is 0.00684. The summed E-state index contributed by atoms with van der Waals surface area (Å²) in [5.41, 5.74) is 3.21. The predicted molar refractivity (Wildman–Crippen MR) is 131 cm³/mol. The molecule has 0 radical (unpaired) electrons. The molecule has 0 saturated heterocycles. The molecule has 0 aliphatic rings. The molecule has 180 valence electrons. The molecule has 34 heavy (non-hydrogen) atoms. The number of nitrogens with one attached hydrogen (secondary N) is 2. The zero-order chi connectivity index (χ0) is 24.6. The Kier molecular flexibility index (Phi) is 8.76. The SMILES string of the molecule is CC(C)(Cc1cccc(C(=O)NCCc2ccccn2)c1)NC[C@@H](O)c1ccc(O)c(CO)c1. The van der Waals surface area contributed by atoms with E-state index in [2.05, 4.69) is 15.6 Å². The van der Waals surface area contributed by atoms with Crippen LogP contribution < -0.4 is 10.6 Å². The van der Waals surface area contributed by atoms with E-state index >= 15 is 0 Å². The number of phenols is 1. The zero-order valence-corrected chi connectivity index (χ0v) is 19.7. The van der Waals surface area contributed by atoms with Gasteiger partial charge in [0.05, 0.1) is 12.7 Å². The molecule has 7 heteroatoms. The van der Waals surface area contributed by atoms with Crippen molar-refractivity contribution in [3.8, 4) is 5.75 Å². The molecular weight excluding hydrogens is 430 g/mol. The van der Waals surface area contributed by atoms with Crippen molar-refractivity contribution in [2.45, 2.75) is 44.9 Å². The van der Waals surface area contributed by atoms with Crippen LogP contribution in [0.3, 0.4) is 0 Å². The summed E-state index contributed by atoms with van der Waals surface area (Å²) in [5, 5.41) is 35.9. The number of hydrogen-bond acceptors (Lipinski definition) is 6. The van der Waals surface area contributed by atoms with E-state index in [0.717, 1.165) is 11.3 Å². The highest BCUT2D eigenvalue weighted by molar-refractivity contribution is 5.94. The first kappa shape index (κ1) is 25.4. The first-order valence-electron chi connectivity index (χ1n) is 11.4. The maximum Gasteiger partial charge on any atom is 0.251 e. The minimum atomic E-state index is -0.790. The van der Waals surface area contributed by atoms with Gasteiger partial charge in [0.1, 0.15) is 5.75 Å². The molecule has 0 unspecified atom stereocenters. The Balaban J connectivity index is 1.53. The smallest absolute Gasteiger partial charge is 0.251 e. The van der Waals surface area contributed by atoms with Crippen molar-refractivity contribution in [3.63, 3.8) is 0 Å². The molecule has 3 aromatic rings. The minimum Gasteiger partial charge on any atom is -0.508 e. The lowest BCUT2D eigenvalue weighted by molar-refractivity contribution is 0.0954. The van der Waals surface area contributed by atoms with Gasteiger partial charge < -0.3 is 26.0 Å². The predicted octanol–water partition coefficient (Wildman–Crippen LogP) is 2.90. The molecule has 5 N–H and O–H groups in total. The molecule has 1 amide bonds. The number of aliphatic hydroxyl groups is 2. The number of hydrogen-bond donors (Lipinski definition) is 5. The number of aromatic hydroxyl groups is 1. The van der Waals surface area contributed by atoms with Gasteiger partial charge in [-0.2, -0.15) is 0 Å². The third kappa shape index (κ3) is 7.38. The van der Waals surface area contributed by atoms with Crippen LogP contribution in [0.15, 0.2) is 66.9 Å². The van der Waals surface area contributed by atoms with Gasteiger partial charge in [-0.1, -0.05) is 24.3 Å². The molecule has 0 bridgehead atoms. The van der Waals surface area contributed by atoms with Crippen molar-refractivity contribution in [2.75, 3.05) is 13.1 Å². The van der Waals surface area contributed by atoms with E-state index in [-0.39, 0.29) is 23.8 Å². The summed E-state index contributed by atoms with van der Waals surface area (Å²) in [6, 6.07) is 18.0. The lowest BCUT2D eigenvalue weighted by Crippen LogP contribution is -2.43. The molecule has 3 rings (SSSR count). The summed E-state index contributed by atoms with van der Waals surface area (Å²) in [7, 11) is 0. The van der Waals surface area contributed by atoms with Crippen molar-refractivity contribution < 1.29 is 20.1 Å². The summed E-state index contributed by atoms with van der Waals surface area (Å²) in [4.78, 5) is 16.9. The Morgan fingerprint density at radius 1 is 1.09 bits per heavy atom. The highest BCUT2D eigenvalue weighted by atomic mass is 16.3. The second-order valence-corrected chi connectivity index (χ2v) is 9.03. The summed E-state index contributed by atoms with van der Waals surface area (Å²) in [5.74, 6) is -0.113. The Morgan fingerprint density at radius 2 is 1.91 bits per heavy atom. The lowest BCUT2D eigenvalue weighted by Gasteiger charge is -2.28. The van der Waals surface area contributed by atoms with Crippen molar-refractivity contribution in [3.05, 3.63) is 94.8 Å². The van der Waals surface area contributed by atoms with Gasteiger partial charge in [0.2, 0.25) is 0 Å². The van der Waals surface area contributed by atoms with Crippen LogP contribution in [-0.2, 0) is 19.4 Å². The van der Waals surface area contributed by atoms with Gasteiger partial charge in [0.25, 0.3) is 5.91 Å². The highest BCUT2D eigenvalue weighted by Gasteiger charge is 2.21. The number of carbonyl (C=O) groups is 1. The summed E-state index contributed by atoms with van der Waals surface area (Å²) in [6.45, 7) is 4.60. The largest absolute Gasteiger partial charge is 0.508 e. The molecule has 0 aliphatic heterocycles. The molecule has 1 atom stereocenters. The number of aliphatic hydroxyl groups excluding tert-OH is 2. The van der Waals surface area contributed by atoms with Crippen molar-refractivity contribution in [2.24, 2.45) is 0 Å². The average Bonchev–Trinajstić information content (AvgIpc) is 2.83. The number of amides is 1. The van der Waals surface area contributed by atoms with E-state index in [4.69, 9.17) is 0 Å². The lowest BCUT2D eigenvalue weighted by atomic mass is 9.93. The summed E-state index contributed by atoms with van der Waals surface area (Å²) in [6.07, 6.45) is 2.28. The maximum absolute atomic E-state index is 12.6. The first-order chi connectivity index (χ1) is 16.3. The number of aromatic nitrogens is 1. The fourth-order valence-corrected chi connectivity index (χ4v) is 3.78. The fraction of sp³-hybridized carbons (Fsp3) is 0.333. The maximum atomic E-state index is 12.6. The molecule has 1 heterocycles. The monoisotopic (exact) mass is 463 g/mol. The topological polar surface area (TPSA) is 115 Å². The quantitative estimate of drug-likeness (QED) is 0.299. The fourth-order valence-electron chi connectivity index (χ4n) is 3.78. The van der Waals surface area contributed by atoms with E-state index < -0.39 is 6.10 Å². The summed E-state index contributed by atoms with van der Waals surface area (Å²) < 4.78 is 0. The molecule has 0 saturated carbocycles. The number of carbonyl (C=O) groups excluding carboxylic acids is 1. The second kappa shape index (κ2) is 11.7. The van der Waals surface area contributed by atoms with Crippen LogP contribution in [-0.4, -0.2) is 44.8 Å². The molecule has 1 aromatic heterocycles. The van der Waals surface area contributed by atoms with E-state index in [1.54, 1.807) is 24.4 Å². The number of rotatable bonds is 11. The molecule has 0 fully saturated rings. The standard InChI is InChI=1S/C27H33N3O4/c1-27(2,30-17-25(33)20-9-10-24(32)22(15-20)18-31)16-19-6-5-7-21(14-19)26(34)29-13-11-23-8-3-4-12-28-23/h3-10,12,14-15,25,30-33H,11,13,16-18H2,1-2H3,(H,29,34)/t25-/m1/s1. The van der Waals surface area contributed by atoms with Crippen LogP contribution in [0.4, 0.5) is 0 Å². The number of benzene rings is 2. The van der Waals surface area contributed by atoms with Crippen LogP contribution in [0.5, 0.6) is 5.75 Å². The van der Waals surface area contributed by atoms with Gasteiger partial charge >= 0.3 is 0 Å². The van der Waals surface area contributed by atoms with Gasteiger partial charge in [-0.3, -0.25) is 9.78 Å². The van der Waals surface area contributed by atoms with E-state index in [9.17, 15) is 20.1 Å². The van der Waals surface area contributed by atoms with Gasteiger partial charge in [-0.05, 0) is 67.8 Å². The van der Waals surface area contributed by atoms with E-state index in [1.165, 1.54) is 6.07 Å². The highest BCUT2D eigenvalue weighted by Crippen LogP contribution is 2.23. The molecule has 2 aromatic carbocycles. The molecule has 0 aliphatic carbocycles. The Labute approximate surface area is 200 Å². The zero-order valence-electron chi connectivity index (χ0n) is 19.7. The third-order valence-electron chi connectivity index (χ3n) is 5.66. The second-order valence-electron chi connectivity index (χ2n) is 9.03. The molecular formula is C27H33N3O4. The van der Waals surface area contributed by atoms with Gasteiger partial charge in [-0.15, -0.1) is 0 Å². The van der Waals surface area contributed by atoms with Crippen LogP contribution in [0.25, 0.3) is 0 Å². The van der Waals surface area contributed by atoms with Crippen LogP contribution in [0.2, 0.25) is 0 Å². The van der Waals surface area contributed by atoms with Gasteiger partial charge in [0.15, 0.2) is 0 Å². The summed E-state index contributed by atoms with van der Waals surface area (Å²) >= 11 is 0. The van der Waals surface area contributed by atoms with Crippen LogP contribution in [0, 0.1) is 0 Å². The Hall–Kier alpha value is -3.26. The number of β-amino-alcohol motifs (C(OH)–C–C–N with tert-alkyl or cyclic N) is 1. The Morgan fingerprint density at radius 3 is 2.65 bits per heavy atom. The van der Waals surface area contributed by atoms with Gasteiger partial charge in [-0.25, -0.2) is 0 Å². The number of pyridine rings is 1. The molecule has 0 spiro atoms. The first-order valence-corrected chi connectivity index (χ1v) is 11.4. The molecule has 7 nitrogen and oxygen atoms in total. The van der Waals surface area contributed by atoms with Crippen molar-refractivity contribution in [1.29, 1.82) is 0 Å². The van der Waals surface area contributed by atoms with Crippen molar-refractivity contribution in [1.82, 2.24) is 15.6 Å². The normalized spacial score (nSPS) is 12.4. The van der Waals surface area contributed by atoms with E-state index in [0.29, 0.717) is 42.6 Å².